The summed E-state index contributed by atoms with van der Waals surface area (Å²) < 4.78 is 112. The van der Waals surface area contributed by atoms with E-state index in [0.717, 1.165) is 52.0 Å². The van der Waals surface area contributed by atoms with Gasteiger partial charge in [0.25, 0.3) is 5.91 Å². The number of nitrogens with two attached hydrogens (primary N) is 1. The number of hydrogen-bond donors (Lipinski definition) is 2. The lowest BCUT2D eigenvalue weighted by Crippen LogP contribution is -2.60. The van der Waals surface area contributed by atoms with Crippen molar-refractivity contribution >= 4 is 48.5 Å². The number of carbonyl (C=O) groups is 2. The maximum absolute atomic E-state index is 13.7. The standard InChI is InChI=1S/C26H21F6N7O6S2/c27-25(28,29)44-15-3-1-14(2-4-15)11-34-23(41)18-13-38(24-36-20-19(46-24)12-35-37-21(20)22(33)40)9-10-39(18)47(42,43)17-7-5-16(6-8-17)45-26(30,31)32/h1-8,12,18H,9-11,13H2,(H2,33,40)(H,34,41). The fraction of sp³-hybridized carbons (Fsp3) is 0.269. The van der Waals surface area contributed by atoms with E-state index in [9.17, 15) is 44.3 Å². The molecule has 0 spiro atoms. The molecule has 2 aromatic heterocycles. The lowest BCUT2D eigenvalue weighted by atomic mass is 10.1. The molecule has 0 radical (unpaired) electrons. The third-order valence-corrected chi connectivity index (χ3v) is 9.60. The van der Waals surface area contributed by atoms with Gasteiger partial charge in [-0.15, -0.1) is 31.4 Å². The Morgan fingerprint density at radius 2 is 1.55 bits per heavy atom. The first kappa shape index (κ1) is 33.6. The van der Waals surface area contributed by atoms with Crippen molar-refractivity contribution in [3.63, 3.8) is 0 Å². The Kier molecular flexibility index (Phi) is 9.15. The number of ether oxygens (including phenoxy) is 2. The molecule has 2 amide bonds. The summed E-state index contributed by atoms with van der Waals surface area (Å²) in [7, 11) is -4.48. The van der Waals surface area contributed by atoms with Gasteiger partial charge < -0.3 is 25.4 Å². The van der Waals surface area contributed by atoms with Gasteiger partial charge in [0.1, 0.15) is 23.1 Å². The molecule has 250 valence electrons. The molecule has 1 saturated heterocycles. The van der Waals surface area contributed by atoms with E-state index in [4.69, 9.17) is 5.73 Å². The first-order valence-electron chi connectivity index (χ1n) is 13.2. The van der Waals surface area contributed by atoms with Crippen molar-refractivity contribution < 1.29 is 53.8 Å². The quantitative estimate of drug-likeness (QED) is 0.247. The number of piperazine rings is 1. The van der Waals surface area contributed by atoms with Crippen LogP contribution in [0.3, 0.4) is 0 Å². The van der Waals surface area contributed by atoms with Crippen LogP contribution in [-0.2, 0) is 21.4 Å². The average Bonchev–Trinajstić information content (AvgIpc) is 3.43. The zero-order valence-corrected chi connectivity index (χ0v) is 25.1. The minimum Gasteiger partial charge on any atom is -0.406 e. The van der Waals surface area contributed by atoms with E-state index in [1.165, 1.54) is 18.3 Å². The number of hydrogen-bond acceptors (Lipinski definition) is 11. The number of nitrogens with one attached hydrogen (secondary N) is 1. The molecule has 47 heavy (non-hydrogen) atoms. The first-order valence-corrected chi connectivity index (χ1v) is 15.4. The predicted molar refractivity (Wildman–Crippen MR) is 152 cm³/mol. The predicted octanol–water partition coefficient (Wildman–Crippen LogP) is 3.18. The monoisotopic (exact) mass is 705 g/mol. The van der Waals surface area contributed by atoms with Crippen molar-refractivity contribution in [2.75, 3.05) is 24.5 Å². The van der Waals surface area contributed by atoms with E-state index in [1.54, 1.807) is 4.90 Å². The topological polar surface area (TPSA) is 170 Å². The zero-order valence-electron chi connectivity index (χ0n) is 23.4. The van der Waals surface area contributed by atoms with Gasteiger partial charge in [0.05, 0.1) is 15.8 Å². The molecule has 0 saturated carbocycles. The van der Waals surface area contributed by atoms with Gasteiger partial charge in [-0.1, -0.05) is 23.5 Å². The van der Waals surface area contributed by atoms with Crippen LogP contribution in [0, 0.1) is 0 Å². The second kappa shape index (κ2) is 12.8. The smallest absolute Gasteiger partial charge is 0.406 e. The molecule has 0 aliphatic carbocycles. The number of benzene rings is 2. The molecular weight excluding hydrogens is 684 g/mol. The molecule has 3 heterocycles. The van der Waals surface area contributed by atoms with Gasteiger partial charge >= 0.3 is 12.7 Å². The molecule has 1 atom stereocenters. The summed E-state index contributed by atoms with van der Waals surface area (Å²) >= 11 is 1.08. The highest BCUT2D eigenvalue weighted by Gasteiger charge is 2.41. The summed E-state index contributed by atoms with van der Waals surface area (Å²) in [5, 5.41) is 10.3. The number of primary amides is 1. The molecule has 3 N–H and O–H groups in total. The Balaban J connectivity index is 1.41. The second-order valence-corrected chi connectivity index (χ2v) is 12.7. The fourth-order valence-electron chi connectivity index (χ4n) is 4.57. The third kappa shape index (κ3) is 7.97. The van der Waals surface area contributed by atoms with E-state index in [2.05, 4.69) is 30.0 Å². The lowest BCUT2D eigenvalue weighted by molar-refractivity contribution is -0.275. The number of rotatable bonds is 9. The number of nitrogens with zero attached hydrogens (tertiary/aromatic N) is 5. The van der Waals surface area contributed by atoms with Crippen molar-refractivity contribution in [1.29, 1.82) is 0 Å². The summed E-state index contributed by atoms with van der Waals surface area (Å²) in [6.45, 7) is -0.740. The number of alkyl halides is 6. The molecule has 1 aliphatic heterocycles. The van der Waals surface area contributed by atoms with Crippen LogP contribution in [0.25, 0.3) is 10.2 Å². The number of thiazole rings is 1. The van der Waals surface area contributed by atoms with Crippen LogP contribution in [0.1, 0.15) is 16.1 Å². The van der Waals surface area contributed by atoms with Crippen molar-refractivity contribution in [3.8, 4) is 11.5 Å². The summed E-state index contributed by atoms with van der Waals surface area (Å²) in [6.07, 6.45) is -8.55. The fourth-order valence-corrected chi connectivity index (χ4v) is 7.11. The summed E-state index contributed by atoms with van der Waals surface area (Å²) in [5.41, 5.74) is 5.70. The lowest BCUT2D eigenvalue weighted by Gasteiger charge is -2.39. The number of aromatic nitrogens is 3. The highest BCUT2D eigenvalue weighted by Crippen LogP contribution is 2.33. The molecule has 0 bridgehead atoms. The van der Waals surface area contributed by atoms with Gasteiger partial charge in [0.2, 0.25) is 15.9 Å². The normalized spacial score (nSPS) is 16.2. The molecule has 13 nitrogen and oxygen atoms in total. The maximum Gasteiger partial charge on any atom is 0.573 e. The molecule has 1 aliphatic rings. The van der Waals surface area contributed by atoms with Crippen molar-refractivity contribution in [2.45, 2.75) is 30.2 Å². The number of carbonyl (C=O) groups excluding carboxylic acids is 2. The van der Waals surface area contributed by atoms with Crippen LogP contribution < -0.4 is 25.4 Å². The summed E-state index contributed by atoms with van der Waals surface area (Å²) in [6, 6.07) is 6.64. The zero-order chi connectivity index (χ0) is 34.1. The van der Waals surface area contributed by atoms with Gasteiger partial charge in [-0.05, 0) is 42.0 Å². The van der Waals surface area contributed by atoms with E-state index in [0.29, 0.717) is 15.4 Å². The van der Waals surface area contributed by atoms with Gasteiger partial charge in [0, 0.05) is 26.2 Å². The van der Waals surface area contributed by atoms with Gasteiger partial charge in [-0.3, -0.25) is 9.59 Å². The number of halogens is 6. The van der Waals surface area contributed by atoms with Gasteiger partial charge in [0.15, 0.2) is 10.8 Å². The van der Waals surface area contributed by atoms with Crippen molar-refractivity contribution in [2.24, 2.45) is 5.73 Å². The highest BCUT2D eigenvalue weighted by atomic mass is 32.2. The van der Waals surface area contributed by atoms with Crippen LogP contribution >= 0.6 is 11.3 Å². The molecule has 1 unspecified atom stereocenters. The third-order valence-electron chi connectivity index (χ3n) is 6.62. The summed E-state index contributed by atoms with van der Waals surface area (Å²) in [5.74, 6) is -2.82. The average molecular weight is 706 g/mol. The number of fused-ring (bicyclic) bond motifs is 1. The first-order chi connectivity index (χ1) is 22.0. The number of amides is 2. The van der Waals surface area contributed by atoms with Crippen molar-refractivity contribution in [3.05, 3.63) is 66.0 Å². The Morgan fingerprint density at radius 1 is 0.957 bits per heavy atom. The Labute approximate surface area is 264 Å². The van der Waals surface area contributed by atoms with Crippen LogP contribution in [0.5, 0.6) is 11.5 Å². The maximum atomic E-state index is 13.7. The number of sulfonamides is 1. The minimum atomic E-state index is -5.00. The van der Waals surface area contributed by atoms with Gasteiger partial charge in [-0.2, -0.15) is 9.40 Å². The van der Waals surface area contributed by atoms with Crippen LogP contribution in [-0.4, -0.2) is 78.1 Å². The highest BCUT2D eigenvalue weighted by molar-refractivity contribution is 7.89. The minimum absolute atomic E-state index is 0.00549. The second-order valence-electron chi connectivity index (χ2n) is 9.77. The van der Waals surface area contributed by atoms with E-state index in [1.807, 2.05) is 0 Å². The Hall–Kier alpha value is -4.76. The molecular formula is C26H21F6N7O6S2. The van der Waals surface area contributed by atoms with Crippen LogP contribution in [0.4, 0.5) is 31.5 Å². The summed E-state index contributed by atoms with van der Waals surface area (Å²) in [4.78, 5) is 31.0. The van der Waals surface area contributed by atoms with E-state index in [-0.39, 0.29) is 37.4 Å². The van der Waals surface area contributed by atoms with E-state index >= 15 is 0 Å². The SMILES string of the molecule is NC(=O)c1nncc2sc(N3CCN(S(=O)(=O)c4ccc(OC(F)(F)F)cc4)C(C(=O)NCc4ccc(OC(F)(F)F)cc4)C3)nc12. The molecule has 2 aromatic carbocycles. The van der Waals surface area contributed by atoms with Crippen LogP contribution in [0.2, 0.25) is 0 Å². The largest absolute Gasteiger partial charge is 0.573 e. The van der Waals surface area contributed by atoms with Gasteiger partial charge in [-0.25, -0.2) is 13.4 Å². The molecule has 4 aromatic rings. The molecule has 5 rings (SSSR count). The molecule has 21 heteroatoms. The molecule has 1 fully saturated rings. The van der Waals surface area contributed by atoms with E-state index < -0.39 is 57.0 Å². The van der Waals surface area contributed by atoms with Crippen LogP contribution in [0.15, 0.2) is 59.6 Å². The number of anilines is 1. The Bertz CT molecular complexity index is 1890. The Morgan fingerprint density at radius 3 is 2.13 bits per heavy atom. The van der Waals surface area contributed by atoms with Crippen molar-refractivity contribution in [1.82, 2.24) is 24.8 Å².